The van der Waals surface area contributed by atoms with Crippen LogP contribution in [0, 0.1) is 0 Å². The topological polar surface area (TPSA) is 63.6 Å². The highest BCUT2D eigenvalue weighted by Gasteiger charge is 2.04. The predicted molar refractivity (Wildman–Crippen MR) is 118 cm³/mol. The van der Waals surface area contributed by atoms with Gasteiger partial charge in [-0.2, -0.15) is 5.10 Å². The van der Waals surface area contributed by atoms with E-state index in [-0.39, 0.29) is 5.91 Å². The second-order valence-corrected chi connectivity index (χ2v) is 7.22. The van der Waals surface area contributed by atoms with Gasteiger partial charge in [0.2, 0.25) is 0 Å². The number of ether oxygens (including phenoxy) is 1. The van der Waals surface area contributed by atoms with Crippen LogP contribution in [0.5, 0.6) is 5.75 Å². The molecule has 0 aliphatic rings. The lowest BCUT2D eigenvalue weighted by molar-refractivity contribution is 0.0954. The molecule has 156 valence electrons. The average molecular weight is 396 g/mol. The number of carbonyl (C=O) groups is 1. The number of unbranched alkanes of at least 4 members (excludes halogenated alkanes) is 7. The fourth-order valence-electron chi connectivity index (χ4n) is 2.99. The Morgan fingerprint density at radius 1 is 0.897 bits per heavy atom. The number of rotatable bonds is 13. The largest absolute Gasteiger partial charge is 0.494 e. The smallest absolute Gasteiger partial charge is 0.271 e. The number of pyridine rings is 1. The Kier molecular flexibility index (Phi) is 10.5. The van der Waals surface area contributed by atoms with E-state index in [0.717, 1.165) is 30.1 Å². The van der Waals surface area contributed by atoms with E-state index in [1.165, 1.54) is 44.9 Å². The van der Waals surface area contributed by atoms with Gasteiger partial charge in [0, 0.05) is 18.0 Å². The second-order valence-electron chi connectivity index (χ2n) is 7.22. The van der Waals surface area contributed by atoms with Gasteiger partial charge in [-0.25, -0.2) is 5.43 Å². The zero-order chi connectivity index (χ0) is 20.7. The summed E-state index contributed by atoms with van der Waals surface area (Å²) in [4.78, 5) is 15.9. The molecule has 1 aromatic carbocycles. The van der Waals surface area contributed by atoms with Gasteiger partial charge in [-0.3, -0.25) is 9.78 Å². The van der Waals surface area contributed by atoms with Gasteiger partial charge in [-0.15, -0.1) is 0 Å². The molecule has 0 spiro atoms. The van der Waals surface area contributed by atoms with E-state index in [4.69, 9.17) is 4.74 Å². The van der Waals surface area contributed by atoms with Crippen molar-refractivity contribution in [2.45, 2.75) is 65.2 Å². The van der Waals surface area contributed by atoms with E-state index in [1.54, 1.807) is 24.5 Å². The van der Waals surface area contributed by atoms with Crippen LogP contribution < -0.4 is 10.2 Å². The van der Waals surface area contributed by atoms with E-state index in [1.807, 2.05) is 31.2 Å². The summed E-state index contributed by atoms with van der Waals surface area (Å²) < 4.78 is 5.83. The van der Waals surface area contributed by atoms with Crippen molar-refractivity contribution in [3.8, 4) is 5.75 Å². The van der Waals surface area contributed by atoms with Crippen LogP contribution in [0.2, 0.25) is 0 Å². The molecule has 0 aliphatic heterocycles. The highest BCUT2D eigenvalue weighted by molar-refractivity contribution is 6.00. The molecule has 0 saturated heterocycles. The molecule has 1 heterocycles. The highest BCUT2D eigenvalue weighted by atomic mass is 16.5. The van der Waals surface area contributed by atoms with Crippen LogP contribution in [0.1, 0.15) is 81.1 Å². The third kappa shape index (κ3) is 8.90. The first-order chi connectivity index (χ1) is 14.2. The summed E-state index contributed by atoms with van der Waals surface area (Å²) in [6, 6.07) is 11.1. The van der Waals surface area contributed by atoms with Crippen LogP contribution in [-0.2, 0) is 0 Å². The lowest BCUT2D eigenvalue weighted by Gasteiger charge is -2.08. The summed E-state index contributed by atoms with van der Waals surface area (Å²) in [5.41, 5.74) is 4.78. The highest BCUT2D eigenvalue weighted by Crippen LogP contribution is 2.14. The van der Waals surface area contributed by atoms with Gasteiger partial charge in [0.15, 0.2) is 0 Å². The molecule has 29 heavy (non-hydrogen) atoms. The first kappa shape index (κ1) is 22.6. The van der Waals surface area contributed by atoms with Crippen molar-refractivity contribution in [2.24, 2.45) is 5.10 Å². The summed E-state index contributed by atoms with van der Waals surface area (Å²) in [5, 5.41) is 4.18. The molecule has 0 bridgehead atoms. The standard InChI is InChI=1S/C24H33N3O2/c1-3-4-5-6-7-8-9-10-19-29-23-13-11-21(12-14-23)20(2)26-27-24(28)22-15-17-25-18-16-22/h11-18H,3-10,19H2,1-2H3,(H,27,28). The van der Waals surface area contributed by atoms with E-state index in [2.05, 4.69) is 22.4 Å². The summed E-state index contributed by atoms with van der Waals surface area (Å²) in [5.74, 6) is 0.613. The maximum absolute atomic E-state index is 12.0. The number of hydrazone groups is 1. The molecule has 0 fully saturated rings. The Labute approximate surface area is 174 Å². The molecule has 1 N–H and O–H groups in total. The van der Waals surface area contributed by atoms with Crippen LogP contribution >= 0.6 is 0 Å². The molecular formula is C24H33N3O2. The Balaban J connectivity index is 1.67. The quantitative estimate of drug-likeness (QED) is 0.267. The van der Waals surface area contributed by atoms with E-state index < -0.39 is 0 Å². The number of aromatic nitrogens is 1. The molecule has 5 nitrogen and oxygen atoms in total. The summed E-state index contributed by atoms with van der Waals surface area (Å²) in [7, 11) is 0. The first-order valence-electron chi connectivity index (χ1n) is 10.7. The second kappa shape index (κ2) is 13.5. The fourth-order valence-corrected chi connectivity index (χ4v) is 2.99. The van der Waals surface area contributed by atoms with Crippen molar-refractivity contribution in [1.82, 2.24) is 10.4 Å². The Morgan fingerprint density at radius 2 is 1.52 bits per heavy atom. The Hall–Kier alpha value is -2.69. The van der Waals surface area contributed by atoms with Crippen molar-refractivity contribution < 1.29 is 9.53 Å². The molecule has 0 atom stereocenters. The normalized spacial score (nSPS) is 11.3. The monoisotopic (exact) mass is 395 g/mol. The van der Waals surface area contributed by atoms with Crippen LogP contribution in [0.3, 0.4) is 0 Å². The van der Waals surface area contributed by atoms with E-state index in [0.29, 0.717) is 5.56 Å². The van der Waals surface area contributed by atoms with Crippen LogP contribution in [0.25, 0.3) is 0 Å². The third-order valence-electron chi connectivity index (χ3n) is 4.81. The van der Waals surface area contributed by atoms with Crippen molar-refractivity contribution in [3.63, 3.8) is 0 Å². The molecule has 2 aromatic rings. The summed E-state index contributed by atoms with van der Waals surface area (Å²) in [6.45, 7) is 4.87. The minimum absolute atomic E-state index is 0.253. The number of benzene rings is 1. The van der Waals surface area contributed by atoms with Gasteiger partial charge in [-0.05, 0) is 55.3 Å². The molecule has 0 saturated carbocycles. The van der Waals surface area contributed by atoms with E-state index in [9.17, 15) is 4.79 Å². The maximum Gasteiger partial charge on any atom is 0.271 e. The average Bonchev–Trinajstić information content (AvgIpc) is 2.77. The number of amides is 1. The number of nitrogens with one attached hydrogen (secondary N) is 1. The predicted octanol–water partition coefficient (Wildman–Crippen LogP) is 5.76. The lowest BCUT2D eigenvalue weighted by Crippen LogP contribution is -2.19. The molecule has 1 amide bonds. The van der Waals surface area contributed by atoms with Crippen LogP contribution in [-0.4, -0.2) is 23.2 Å². The zero-order valence-electron chi connectivity index (χ0n) is 17.7. The minimum atomic E-state index is -0.253. The summed E-state index contributed by atoms with van der Waals surface area (Å²) >= 11 is 0. The van der Waals surface area contributed by atoms with Crippen molar-refractivity contribution in [1.29, 1.82) is 0 Å². The van der Waals surface area contributed by atoms with Crippen LogP contribution in [0.15, 0.2) is 53.9 Å². The van der Waals surface area contributed by atoms with Crippen molar-refractivity contribution in [2.75, 3.05) is 6.61 Å². The molecule has 0 unspecified atom stereocenters. The molecule has 0 aliphatic carbocycles. The van der Waals surface area contributed by atoms with Gasteiger partial charge >= 0.3 is 0 Å². The van der Waals surface area contributed by atoms with Gasteiger partial charge in [0.05, 0.1) is 12.3 Å². The fraction of sp³-hybridized carbons (Fsp3) is 0.458. The maximum atomic E-state index is 12.0. The van der Waals surface area contributed by atoms with Gasteiger partial charge < -0.3 is 4.74 Å². The van der Waals surface area contributed by atoms with Gasteiger partial charge in [-0.1, -0.05) is 51.9 Å². The summed E-state index contributed by atoms with van der Waals surface area (Å²) in [6.07, 6.45) is 13.5. The third-order valence-corrected chi connectivity index (χ3v) is 4.81. The molecule has 1 aromatic heterocycles. The van der Waals surface area contributed by atoms with E-state index >= 15 is 0 Å². The molecule has 0 radical (unpaired) electrons. The SMILES string of the molecule is CCCCCCCCCCOc1ccc(C(C)=NNC(=O)c2ccncc2)cc1. The Bertz CT molecular complexity index is 742. The van der Waals surface area contributed by atoms with Gasteiger partial charge in [0.1, 0.15) is 5.75 Å². The zero-order valence-corrected chi connectivity index (χ0v) is 17.7. The van der Waals surface area contributed by atoms with Crippen molar-refractivity contribution in [3.05, 3.63) is 59.9 Å². The Morgan fingerprint density at radius 3 is 2.17 bits per heavy atom. The van der Waals surface area contributed by atoms with Gasteiger partial charge in [0.25, 0.3) is 5.91 Å². The molecule has 5 heteroatoms. The lowest BCUT2D eigenvalue weighted by atomic mass is 10.1. The molecule has 2 rings (SSSR count). The number of hydrogen-bond donors (Lipinski definition) is 1. The number of carbonyl (C=O) groups excluding carboxylic acids is 1. The van der Waals surface area contributed by atoms with Crippen molar-refractivity contribution >= 4 is 11.6 Å². The number of nitrogens with zero attached hydrogens (tertiary/aromatic N) is 2. The number of hydrogen-bond acceptors (Lipinski definition) is 4. The minimum Gasteiger partial charge on any atom is -0.494 e. The molecular weight excluding hydrogens is 362 g/mol. The first-order valence-corrected chi connectivity index (χ1v) is 10.7. The van der Waals surface area contributed by atoms with Crippen LogP contribution in [0.4, 0.5) is 0 Å².